The average Bonchev–Trinajstić information content (AvgIpc) is 3.11. The van der Waals surface area contributed by atoms with Crippen molar-refractivity contribution in [3.8, 4) is 5.69 Å². The van der Waals surface area contributed by atoms with Crippen LogP contribution in [0.4, 0.5) is 5.69 Å². The fourth-order valence-corrected chi connectivity index (χ4v) is 6.00. The van der Waals surface area contributed by atoms with Crippen LogP contribution >= 0.6 is 0 Å². The molecule has 9 heteroatoms. The lowest BCUT2D eigenvalue weighted by Crippen LogP contribution is -2.34. The summed E-state index contributed by atoms with van der Waals surface area (Å²) in [6.45, 7) is 9.79. The first-order chi connectivity index (χ1) is 18.5. The third-order valence-corrected chi connectivity index (χ3v) is 8.06. The van der Waals surface area contributed by atoms with Crippen molar-refractivity contribution in [1.29, 1.82) is 0 Å². The maximum Gasteiger partial charge on any atom is 0.320 e. The second-order valence-corrected chi connectivity index (χ2v) is 11.8. The van der Waals surface area contributed by atoms with Gasteiger partial charge in [0.1, 0.15) is 6.10 Å². The topological polar surface area (TPSA) is 141 Å². The lowest BCUT2D eigenvalue weighted by Gasteiger charge is -2.31. The van der Waals surface area contributed by atoms with Gasteiger partial charge in [-0.05, 0) is 94.6 Å². The van der Waals surface area contributed by atoms with Crippen LogP contribution < -0.4 is 22.1 Å². The largest absolute Gasteiger partial charge is 0.461 e. The first-order valence-corrected chi connectivity index (χ1v) is 14.1. The Morgan fingerprint density at radius 1 is 1.13 bits per heavy atom. The number of Topliss-reactive ketones (excluding diaryl/α,β-unsaturated/α-hetero) is 1. The van der Waals surface area contributed by atoms with Crippen molar-refractivity contribution in [1.82, 2.24) is 9.88 Å². The third kappa shape index (κ3) is 6.53. The molecular formula is C30H43N5O4. The number of aromatic nitrogens is 1. The maximum absolute atomic E-state index is 13.0. The summed E-state index contributed by atoms with van der Waals surface area (Å²) >= 11 is 0. The number of anilines is 1. The van der Waals surface area contributed by atoms with E-state index in [1.807, 2.05) is 26.0 Å². The van der Waals surface area contributed by atoms with Gasteiger partial charge in [-0.3, -0.25) is 14.4 Å². The van der Waals surface area contributed by atoms with Crippen molar-refractivity contribution in [3.05, 3.63) is 46.3 Å². The Labute approximate surface area is 231 Å². The summed E-state index contributed by atoms with van der Waals surface area (Å²) in [4.78, 5) is 37.5. The minimum absolute atomic E-state index is 0.105. The van der Waals surface area contributed by atoms with E-state index < -0.39 is 5.91 Å². The molecule has 0 atom stereocenters. The number of carbonyl (C=O) groups is 3. The Morgan fingerprint density at radius 2 is 1.85 bits per heavy atom. The van der Waals surface area contributed by atoms with Gasteiger partial charge in [0.05, 0.1) is 12.1 Å². The van der Waals surface area contributed by atoms with E-state index >= 15 is 0 Å². The Kier molecular flexibility index (Phi) is 8.81. The Morgan fingerprint density at radius 3 is 2.51 bits per heavy atom. The monoisotopic (exact) mass is 537 g/mol. The number of fused-ring (bicyclic) bond motifs is 1. The van der Waals surface area contributed by atoms with Crippen LogP contribution in [0.15, 0.2) is 18.2 Å². The predicted octanol–water partition coefficient (Wildman–Crippen LogP) is 3.55. The molecule has 6 N–H and O–H groups in total. The quantitative estimate of drug-likeness (QED) is 0.268. The molecule has 0 spiro atoms. The van der Waals surface area contributed by atoms with Gasteiger partial charge >= 0.3 is 5.97 Å². The molecular weight excluding hydrogens is 494 g/mol. The first kappa shape index (κ1) is 28.8. The van der Waals surface area contributed by atoms with Crippen LogP contribution in [0.2, 0.25) is 0 Å². The molecule has 1 aromatic heterocycles. The summed E-state index contributed by atoms with van der Waals surface area (Å²) in [5, 5.41) is 6.60. The zero-order valence-electron chi connectivity index (χ0n) is 23.7. The summed E-state index contributed by atoms with van der Waals surface area (Å²) in [7, 11) is 0. The van der Waals surface area contributed by atoms with Gasteiger partial charge in [0.2, 0.25) is 0 Å². The fourth-order valence-electron chi connectivity index (χ4n) is 6.00. The third-order valence-electron chi connectivity index (χ3n) is 8.06. The van der Waals surface area contributed by atoms with Gasteiger partial charge in [0.15, 0.2) is 5.78 Å². The number of hydrogen-bond donors (Lipinski definition) is 4. The zero-order valence-corrected chi connectivity index (χ0v) is 23.7. The van der Waals surface area contributed by atoms with Gasteiger partial charge < -0.3 is 31.4 Å². The lowest BCUT2D eigenvalue weighted by molar-refractivity contribution is -0.149. The Hall–Kier alpha value is -3.17. The molecule has 9 nitrogen and oxygen atoms in total. The number of amides is 1. The molecule has 0 bridgehead atoms. The fraction of sp³-hybridized carbons (Fsp3) is 0.567. The molecule has 0 radical (unpaired) electrons. The van der Waals surface area contributed by atoms with Gasteiger partial charge in [-0.25, -0.2) is 0 Å². The molecule has 1 saturated carbocycles. The van der Waals surface area contributed by atoms with E-state index in [4.69, 9.17) is 16.2 Å². The SMILES string of the molecule is Cc1c2c(n(-c3ccc(C(N)=O)c(NC4CCC(OC(=O)CNCCCN)CC4)c3)c1C)CC(C)(C)CC2=O. The minimum Gasteiger partial charge on any atom is -0.461 e. The number of ether oxygens (including phenoxy) is 1. The maximum atomic E-state index is 13.0. The molecule has 0 saturated heterocycles. The van der Waals surface area contributed by atoms with Crippen LogP contribution in [-0.4, -0.2) is 54.0 Å². The van der Waals surface area contributed by atoms with Crippen molar-refractivity contribution in [2.45, 2.75) is 84.8 Å². The van der Waals surface area contributed by atoms with Crippen molar-refractivity contribution < 1.29 is 19.1 Å². The average molecular weight is 538 g/mol. The van der Waals surface area contributed by atoms with Crippen molar-refractivity contribution in [2.24, 2.45) is 16.9 Å². The standard InChI is InChI=1S/C30H43N5O4/c1-18-19(2)35(25-15-30(3,4)16-26(36)28(18)25)21-8-11-23(29(32)38)24(14-21)34-20-6-9-22(10-7-20)39-27(37)17-33-13-5-12-31/h8,11,14,20,22,33-34H,5-7,9-10,12-13,15-17,31H2,1-4H3,(H2,32,38). The van der Waals surface area contributed by atoms with Crippen LogP contribution in [0.1, 0.15) is 90.0 Å². The first-order valence-electron chi connectivity index (χ1n) is 14.1. The summed E-state index contributed by atoms with van der Waals surface area (Å²) in [5.41, 5.74) is 17.0. The molecule has 1 aromatic carbocycles. The highest BCUT2D eigenvalue weighted by molar-refractivity contribution is 6.01. The van der Waals surface area contributed by atoms with Gasteiger partial charge in [-0.15, -0.1) is 0 Å². The lowest BCUT2D eigenvalue weighted by atomic mass is 9.75. The Bertz CT molecular complexity index is 1240. The molecule has 1 fully saturated rings. The van der Waals surface area contributed by atoms with E-state index in [1.54, 1.807) is 6.07 Å². The molecule has 0 unspecified atom stereocenters. The summed E-state index contributed by atoms with van der Waals surface area (Å²) in [6, 6.07) is 5.76. The number of nitrogens with one attached hydrogen (secondary N) is 2. The minimum atomic E-state index is -0.493. The van der Waals surface area contributed by atoms with Crippen LogP contribution in [0.3, 0.4) is 0 Å². The van der Waals surface area contributed by atoms with Gasteiger partial charge in [-0.1, -0.05) is 13.8 Å². The molecule has 1 heterocycles. The number of hydrogen-bond acceptors (Lipinski definition) is 7. The van der Waals surface area contributed by atoms with Crippen molar-refractivity contribution >= 4 is 23.3 Å². The number of benzene rings is 1. The number of rotatable bonds is 10. The zero-order chi connectivity index (χ0) is 28.3. The second-order valence-electron chi connectivity index (χ2n) is 11.8. The van der Waals surface area contributed by atoms with Crippen LogP contribution in [0.5, 0.6) is 0 Å². The van der Waals surface area contributed by atoms with Gasteiger partial charge in [0, 0.05) is 40.8 Å². The van der Waals surface area contributed by atoms with Crippen LogP contribution in [0.25, 0.3) is 5.69 Å². The van der Waals surface area contributed by atoms with E-state index in [2.05, 4.69) is 29.0 Å². The molecule has 0 aliphatic heterocycles. The van der Waals surface area contributed by atoms with Crippen molar-refractivity contribution in [2.75, 3.05) is 25.0 Å². The number of nitrogens with zero attached hydrogens (tertiary/aromatic N) is 1. The Balaban J connectivity index is 1.50. The highest BCUT2D eigenvalue weighted by atomic mass is 16.5. The smallest absolute Gasteiger partial charge is 0.320 e. The van der Waals surface area contributed by atoms with Crippen LogP contribution in [0, 0.1) is 19.3 Å². The molecule has 4 rings (SSSR count). The van der Waals surface area contributed by atoms with Gasteiger partial charge in [0.25, 0.3) is 5.91 Å². The highest BCUT2D eigenvalue weighted by Gasteiger charge is 2.36. The molecule has 2 aromatic rings. The van der Waals surface area contributed by atoms with Gasteiger partial charge in [-0.2, -0.15) is 0 Å². The molecule has 2 aliphatic rings. The molecule has 212 valence electrons. The highest BCUT2D eigenvalue weighted by Crippen LogP contribution is 2.40. The summed E-state index contributed by atoms with van der Waals surface area (Å²) < 4.78 is 7.80. The summed E-state index contributed by atoms with van der Waals surface area (Å²) in [5.74, 6) is -0.543. The van der Waals surface area contributed by atoms with E-state index in [9.17, 15) is 14.4 Å². The van der Waals surface area contributed by atoms with E-state index in [0.29, 0.717) is 30.8 Å². The van der Waals surface area contributed by atoms with E-state index in [0.717, 1.165) is 66.7 Å². The summed E-state index contributed by atoms with van der Waals surface area (Å²) in [6.07, 6.45) is 5.17. The number of carbonyl (C=O) groups excluding carboxylic acids is 3. The normalized spacial score (nSPS) is 20.4. The second kappa shape index (κ2) is 11.9. The van der Waals surface area contributed by atoms with E-state index in [-0.39, 0.29) is 35.9 Å². The predicted molar refractivity (Wildman–Crippen MR) is 152 cm³/mol. The number of nitrogens with two attached hydrogens (primary N) is 2. The molecule has 39 heavy (non-hydrogen) atoms. The van der Waals surface area contributed by atoms with Crippen molar-refractivity contribution in [3.63, 3.8) is 0 Å². The molecule has 2 aliphatic carbocycles. The number of esters is 1. The number of ketones is 1. The number of primary amides is 1. The van der Waals surface area contributed by atoms with Crippen LogP contribution in [-0.2, 0) is 16.0 Å². The van der Waals surface area contributed by atoms with E-state index in [1.165, 1.54) is 0 Å². The molecule has 1 amide bonds.